The van der Waals surface area contributed by atoms with Crippen LogP contribution >= 0.6 is 0 Å². The van der Waals surface area contributed by atoms with Crippen molar-refractivity contribution in [2.45, 2.75) is 51.8 Å². The molecule has 0 saturated carbocycles. The van der Waals surface area contributed by atoms with Crippen LogP contribution in [0, 0.1) is 0 Å². The number of nitrogens with two attached hydrogens (primary N) is 1. The van der Waals surface area contributed by atoms with Crippen molar-refractivity contribution < 1.29 is 4.74 Å². The molecule has 1 aromatic heterocycles. The van der Waals surface area contributed by atoms with Gasteiger partial charge in [0, 0.05) is 38.0 Å². The molecule has 1 aromatic rings. The first-order valence-electron chi connectivity index (χ1n) is 7.86. The van der Waals surface area contributed by atoms with E-state index in [2.05, 4.69) is 30.0 Å². The van der Waals surface area contributed by atoms with Gasteiger partial charge in [0.05, 0.1) is 18.3 Å². The number of likely N-dealkylation sites (N-methyl/N-ethyl adjacent to an activating group) is 1. The topological polar surface area (TPSA) is 56.3 Å². The summed E-state index contributed by atoms with van der Waals surface area (Å²) in [6.45, 7) is 8.81. The zero-order chi connectivity index (χ0) is 14.4. The lowest BCUT2D eigenvalue weighted by atomic mass is 10.1. The Kier molecular flexibility index (Phi) is 6.01. The Morgan fingerprint density at radius 3 is 3.00 bits per heavy atom. The summed E-state index contributed by atoms with van der Waals surface area (Å²) in [5, 5.41) is 4.43. The van der Waals surface area contributed by atoms with Crippen LogP contribution in [0.5, 0.6) is 0 Å². The highest BCUT2D eigenvalue weighted by Crippen LogP contribution is 2.22. The van der Waals surface area contributed by atoms with Crippen LogP contribution in [0.15, 0.2) is 12.4 Å². The summed E-state index contributed by atoms with van der Waals surface area (Å²) in [4.78, 5) is 2.42. The van der Waals surface area contributed by atoms with E-state index < -0.39 is 0 Å². The van der Waals surface area contributed by atoms with Crippen molar-refractivity contribution in [2.24, 2.45) is 5.73 Å². The fourth-order valence-electron chi connectivity index (χ4n) is 2.93. The molecule has 2 atom stereocenters. The van der Waals surface area contributed by atoms with Gasteiger partial charge in [0.2, 0.25) is 0 Å². The maximum Gasteiger partial charge on any atom is 0.0703 e. The Balaban J connectivity index is 2.02. The minimum Gasteiger partial charge on any atom is -0.377 e. The minimum atomic E-state index is 0.245. The highest BCUT2D eigenvalue weighted by molar-refractivity contribution is 5.11. The minimum absolute atomic E-state index is 0.245. The molecule has 2 heterocycles. The lowest BCUT2D eigenvalue weighted by Crippen LogP contribution is -2.38. The second-order valence-corrected chi connectivity index (χ2v) is 5.51. The highest BCUT2D eigenvalue weighted by atomic mass is 16.5. The third-order valence-corrected chi connectivity index (χ3v) is 4.02. The van der Waals surface area contributed by atoms with Crippen molar-refractivity contribution in [3.8, 4) is 0 Å². The van der Waals surface area contributed by atoms with Crippen LogP contribution in [-0.4, -0.2) is 47.0 Å². The molecule has 20 heavy (non-hydrogen) atoms. The maximum absolute atomic E-state index is 6.02. The molecule has 114 valence electrons. The van der Waals surface area contributed by atoms with E-state index in [4.69, 9.17) is 10.5 Å². The largest absolute Gasteiger partial charge is 0.377 e. The molecule has 2 rings (SSSR count). The Bertz CT molecular complexity index is 387. The van der Waals surface area contributed by atoms with E-state index >= 15 is 0 Å². The van der Waals surface area contributed by atoms with E-state index in [1.54, 1.807) is 0 Å². The van der Waals surface area contributed by atoms with Gasteiger partial charge in [0.25, 0.3) is 0 Å². The van der Waals surface area contributed by atoms with Crippen LogP contribution in [0.25, 0.3) is 0 Å². The fourth-order valence-corrected chi connectivity index (χ4v) is 2.93. The smallest absolute Gasteiger partial charge is 0.0703 e. The van der Waals surface area contributed by atoms with Crippen LogP contribution < -0.4 is 5.73 Å². The average molecular weight is 280 g/mol. The monoisotopic (exact) mass is 280 g/mol. The quantitative estimate of drug-likeness (QED) is 0.789. The summed E-state index contributed by atoms with van der Waals surface area (Å²) in [7, 11) is 0. The molecular weight excluding hydrogens is 252 g/mol. The summed E-state index contributed by atoms with van der Waals surface area (Å²) in [6.07, 6.45) is 7.92. The number of hydrogen-bond donors (Lipinski definition) is 1. The predicted molar refractivity (Wildman–Crippen MR) is 80.5 cm³/mol. The van der Waals surface area contributed by atoms with Crippen LogP contribution in [0.4, 0.5) is 0 Å². The summed E-state index contributed by atoms with van der Waals surface area (Å²) < 4.78 is 7.77. The molecule has 0 radical (unpaired) electrons. The molecule has 0 aromatic carbocycles. The number of aromatic nitrogens is 2. The highest BCUT2D eigenvalue weighted by Gasteiger charge is 2.24. The van der Waals surface area contributed by atoms with E-state index in [1.807, 2.05) is 10.9 Å². The van der Waals surface area contributed by atoms with E-state index in [0.717, 1.165) is 32.7 Å². The van der Waals surface area contributed by atoms with E-state index in [-0.39, 0.29) is 6.04 Å². The van der Waals surface area contributed by atoms with Crippen molar-refractivity contribution in [2.75, 3.05) is 26.2 Å². The van der Waals surface area contributed by atoms with Gasteiger partial charge in [-0.1, -0.05) is 13.8 Å². The van der Waals surface area contributed by atoms with Gasteiger partial charge in [-0.3, -0.25) is 9.58 Å². The molecule has 2 unspecified atom stereocenters. The van der Waals surface area contributed by atoms with Crippen LogP contribution in [0.2, 0.25) is 0 Å². The molecule has 1 aliphatic rings. The molecule has 5 heteroatoms. The standard InChI is InChI=1S/C15H28N4O/c1-3-7-19-11-13(10-17-19)15(9-16)18(4-2)12-14-6-5-8-20-14/h10-11,14-15H,3-9,12,16H2,1-2H3. The molecule has 0 bridgehead atoms. The fraction of sp³-hybridized carbons (Fsp3) is 0.800. The summed E-state index contributed by atoms with van der Waals surface area (Å²) in [5.41, 5.74) is 7.24. The molecule has 1 fully saturated rings. The number of hydrogen-bond acceptors (Lipinski definition) is 4. The molecular formula is C15H28N4O. The van der Waals surface area contributed by atoms with E-state index in [9.17, 15) is 0 Å². The molecule has 1 saturated heterocycles. The summed E-state index contributed by atoms with van der Waals surface area (Å²) in [5.74, 6) is 0. The Labute approximate surface area is 122 Å². The zero-order valence-corrected chi connectivity index (χ0v) is 12.8. The summed E-state index contributed by atoms with van der Waals surface area (Å²) >= 11 is 0. The van der Waals surface area contributed by atoms with Crippen molar-refractivity contribution in [3.05, 3.63) is 18.0 Å². The molecule has 2 N–H and O–H groups in total. The lowest BCUT2D eigenvalue weighted by molar-refractivity contribution is 0.0601. The average Bonchev–Trinajstić information content (AvgIpc) is 3.11. The molecule has 0 aliphatic carbocycles. The summed E-state index contributed by atoms with van der Waals surface area (Å²) in [6, 6.07) is 0.245. The maximum atomic E-state index is 6.02. The first-order chi connectivity index (χ1) is 9.78. The van der Waals surface area contributed by atoms with Crippen molar-refractivity contribution in [3.63, 3.8) is 0 Å². The van der Waals surface area contributed by atoms with Gasteiger partial charge in [0.15, 0.2) is 0 Å². The van der Waals surface area contributed by atoms with Gasteiger partial charge in [0.1, 0.15) is 0 Å². The van der Waals surface area contributed by atoms with Crippen molar-refractivity contribution in [1.29, 1.82) is 0 Å². The number of rotatable bonds is 8. The molecule has 0 spiro atoms. The Morgan fingerprint density at radius 1 is 1.55 bits per heavy atom. The first-order valence-corrected chi connectivity index (χ1v) is 7.86. The van der Waals surface area contributed by atoms with Crippen molar-refractivity contribution in [1.82, 2.24) is 14.7 Å². The lowest BCUT2D eigenvalue weighted by Gasteiger charge is -2.31. The van der Waals surface area contributed by atoms with Gasteiger partial charge in [-0.2, -0.15) is 5.10 Å². The second-order valence-electron chi connectivity index (χ2n) is 5.51. The Hall–Kier alpha value is -0.910. The zero-order valence-electron chi connectivity index (χ0n) is 12.8. The second kappa shape index (κ2) is 7.76. The molecule has 1 aliphatic heterocycles. The van der Waals surface area contributed by atoms with Crippen molar-refractivity contribution >= 4 is 0 Å². The first kappa shape index (κ1) is 15.5. The number of ether oxygens (including phenoxy) is 1. The third-order valence-electron chi connectivity index (χ3n) is 4.02. The normalized spacial score (nSPS) is 20.7. The van der Waals surface area contributed by atoms with Gasteiger partial charge >= 0.3 is 0 Å². The van der Waals surface area contributed by atoms with E-state index in [1.165, 1.54) is 18.4 Å². The predicted octanol–water partition coefficient (Wildman–Crippen LogP) is 1.79. The SMILES string of the molecule is CCCn1cc(C(CN)N(CC)CC2CCCO2)cn1. The number of aryl methyl sites for hydroxylation is 1. The van der Waals surface area contributed by atoms with Gasteiger partial charge in [-0.15, -0.1) is 0 Å². The Morgan fingerprint density at radius 2 is 2.40 bits per heavy atom. The van der Waals surface area contributed by atoms with Crippen LogP contribution in [0.3, 0.4) is 0 Å². The van der Waals surface area contributed by atoms with Gasteiger partial charge in [-0.25, -0.2) is 0 Å². The van der Waals surface area contributed by atoms with Crippen LogP contribution in [-0.2, 0) is 11.3 Å². The van der Waals surface area contributed by atoms with Crippen LogP contribution in [0.1, 0.15) is 44.7 Å². The molecule has 0 amide bonds. The van der Waals surface area contributed by atoms with E-state index in [0.29, 0.717) is 12.6 Å². The third kappa shape index (κ3) is 3.81. The molecule has 5 nitrogen and oxygen atoms in total. The number of nitrogens with zero attached hydrogens (tertiary/aromatic N) is 3. The van der Waals surface area contributed by atoms with Gasteiger partial charge < -0.3 is 10.5 Å². The van der Waals surface area contributed by atoms with Gasteiger partial charge in [-0.05, 0) is 25.8 Å².